The van der Waals surface area contributed by atoms with Crippen LogP contribution < -0.4 is 0 Å². The van der Waals surface area contributed by atoms with Gasteiger partial charge in [0.25, 0.3) is 0 Å². The average molecular weight is 234 g/mol. The van der Waals surface area contributed by atoms with Crippen molar-refractivity contribution < 1.29 is 14.6 Å². The zero-order valence-corrected chi connectivity index (χ0v) is 10.1. The zero-order chi connectivity index (χ0) is 12.3. The van der Waals surface area contributed by atoms with Crippen molar-refractivity contribution in [3.8, 4) is 0 Å². The van der Waals surface area contributed by atoms with Crippen molar-refractivity contribution in [1.82, 2.24) is 0 Å². The van der Waals surface area contributed by atoms with E-state index in [9.17, 15) is 9.90 Å². The van der Waals surface area contributed by atoms with Gasteiger partial charge in [-0.15, -0.1) is 0 Å². The molecule has 0 bridgehead atoms. The van der Waals surface area contributed by atoms with Crippen molar-refractivity contribution >= 4 is 5.97 Å². The van der Waals surface area contributed by atoms with E-state index < -0.39 is 5.41 Å². The second-order valence-electron chi connectivity index (χ2n) is 4.67. The number of ether oxygens (including phenoxy) is 1. The van der Waals surface area contributed by atoms with Gasteiger partial charge in [-0.2, -0.15) is 0 Å². The highest BCUT2D eigenvalue weighted by molar-refractivity contribution is 5.83. The molecular formula is C14H18O3. The number of esters is 1. The van der Waals surface area contributed by atoms with E-state index in [4.69, 9.17) is 4.74 Å². The van der Waals surface area contributed by atoms with Crippen LogP contribution in [-0.4, -0.2) is 24.3 Å². The molecule has 3 heteroatoms. The van der Waals surface area contributed by atoms with Gasteiger partial charge in [-0.1, -0.05) is 30.3 Å². The van der Waals surface area contributed by atoms with Gasteiger partial charge in [-0.05, 0) is 31.2 Å². The molecule has 0 radical (unpaired) electrons. The number of benzene rings is 1. The predicted molar refractivity (Wildman–Crippen MR) is 64.6 cm³/mol. The third kappa shape index (κ3) is 2.20. The number of aliphatic hydroxyl groups is 1. The first-order valence-corrected chi connectivity index (χ1v) is 6.01. The number of rotatable bonds is 2. The molecule has 0 unspecified atom stereocenters. The fourth-order valence-electron chi connectivity index (χ4n) is 2.66. The van der Waals surface area contributed by atoms with Crippen LogP contribution >= 0.6 is 0 Å². The van der Waals surface area contributed by atoms with Crippen LogP contribution in [0.4, 0.5) is 0 Å². The first-order chi connectivity index (χ1) is 8.19. The zero-order valence-electron chi connectivity index (χ0n) is 10.1. The molecule has 1 aromatic rings. The minimum Gasteiger partial charge on any atom is -0.468 e. The molecule has 1 fully saturated rings. The number of carbonyl (C=O) groups is 1. The van der Waals surface area contributed by atoms with Crippen molar-refractivity contribution in [2.24, 2.45) is 0 Å². The molecule has 1 aromatic carbocycles. The van der Waals surface area contributed by atoms with Crippen LogP contribution in [0.2, 0.25) is 0 Å². The highest BCUT2D eigenvalue weighted by Crippen LogP contribution is 2.40. The number of hydrogen-bond donors (Lipinski definition) is 1. The van der Waals surface area contributed by atoms with E-state index in [1.807, 2.05) is 30.3 Å². The molecule has 1 N–H and O–H groups in total. The summed E-state index contributed by atoms with van der Waals surface area (Å²) in [6.45, 7) is 0. The quantitative estimate of drug-likeness (QED) is 0.796. The van der Waals surface area contributed by atoms with Crippen molar-refractivity contribution in [2.45, 2.75) is 37.2 Å². The first-order valence-electron chi connectivity index (χ1n) is 6.01. The molecule has 0 aliphatic heterocycles. The van der Waals surface area contributed by atoms with Crippen molar-refractivity contribution in [2.75, 3.05) is 7.11 Å². The summed E-state index contributed by atoms with van der Waals surface area (Å²) < 4.78 is 4.96. The van der Waals surface area contributed by atoms with E-state index in [1.165, 1.54) is 7.11 Å². The molecule has 17 heavy (non-hydrogen) atoms. The molecule has 0 heterocycles. The smallest absolute Gasteiger partial charge is 0.316 e. The Labute approximate surface area is 101 Å². The third-order valence-electron chi connectivity index (χ3n) is 3.71. The molecule has 3 nitrogen and oxygen atoms in total. The molecule has 0 atom stereocenters. The van der Waals surface area contributed by atoms with E-state index in [2.05, 4.69) is 0 Å². The Morgan fingerprint density at radius 1 is 1.29 bits per heavy atom. The summed E-state index contributed by atoms with van der Waals surface area (Å²) >= 11 is 0. The number of hydrogen-bond acceptors (Lipinski definition) is 3. The molecule has 0 aromatic heterocycles. The van der Waals surface area contributed by atoms with Gasteiger partial charge in [0.15, 0.2) is 0 Å². The summed E-state index contributed by atoms with van der Waals surface area (Å²) in [5, 5.41) is 9.59. The Hall–Kier alpha value is -1.35. The Kier molecular flexibility index (Phi) is 3.48. The number of methoxy groups -OCH3 is 1. The van der Waals surface area contributed by atoms with Gasteiger partial charge in [-0.25, -0.2) is 0 Å². The Balaban J connectivity index is 2.35. The molecule has 1 aliphatic rings. The van der Waals surface area contributed by atoms with Crippen molar-refractivity contribution in [3.63, 3.8) is 0 Å². The Morgan fingerprint density at radius 2 is 1.88 bits per heavy atom. The highest BCUT2D eigenvalue weighted by Gasteiger charge is 2.43. The van der Waals surface area contributed by atoms with Crippen molar-refractivity contribution in [3.05, 3.63) is 35.9 Å². The monoisotopic (exact) mass is 234 g/mol. The maximum atomic E-state index is 12.1. The van der Waals surface area contributed by atoms with E-state index >= 15 is 0 Å². The molecule has 0 amide bonds. The summed E-state index contributed by atoms with van der Waals surface area (Å²) in [4.78, 5) is 12.1. The molecule has 0 saturated heterocycles. The van der Waals surface area contributed by atoms with Crippen LogP contribution in [-0.2, 0) is 14.9 Å². The van der Waals surface area contributed by atoms with Crippen LogP contribution in [0.25, 0.3) is 0 Å². The lowest BCUT2D eigenvalue weighted by Gasteiger charge is -2.36. The standard InChI is InChI=1S/C14H18O3/c1-17-13(16)14(9-7-12(15)8-10-14)11-5-3-2-4-6-11/h2-6,12,15H,7-10H2,1H3. The van der Waals surface area contributed by atoms with Gasteiger partial charge in [0.05, 0.1) is 18.6 Å². The average Bonchev–Trinajstić information content (AvgIpc) is 2.40. The molecule has 92 valence electrons. The van der Waals surface area contributed by atoms with Gasteiger partial charge in [0, 0.05) is 0 Å². The van der Waals surface area contributed by atoms with E-state index in [-0.39, 0.29) is 12.1 Å². The molecular weight excluding hydrogens is 216 g/mol. The minimum absolute atomic E-state index is 0.185. The van der Waals surface area contributed by atoms with Gasteiger partial charge in [0.2, 0.25) is 0 Å². The molecule has 1 saturated carbocycles. The second-order valence-corrected chi connectivity index (χ2v) is 4.67. The lowest BCUT2D eigenvalue weighted by molar-refractivity contribution is -0.149. The normalized spacial score (nSPS) is 28.7. The highest BCUT2D eigenvalue weighted by atomic mass is 16.5. The maximum absolute atomic E-state index is 12.1. The van der Waals surface area contributed by atoms with Gasteiger partial charge >= 0.3 is 5.97 Å². The summed E-state index contributed by atoms with van der Waals surface area (Å²) in [6, 6.07) is 9.74. The van der Waals surface area contributed by atoms with Crippen LogP contribution in [0.5, 0.6) is 0 Å². The van der Waals surface area contributed by atoms with Crippen LogP contribution in [0, 0.1) is 0 Å². The van der Waals surface area contributed by atoms with E-state index in [0.717, 1.165) is 5.56 Å². The van der Waals surface area contributed by atoms with Crippen molar-refractivity contribution in [1.29, 1.82) is 0 Å². The lowest BCUT2D eigenvalue weighted by atomic mass is 9.68. The summed E-state index contributed by atoms with van der Waals surface area (Å²) in [6.07, 6.45) is 2.35. The minimum atomic E-state index is -0.560. The first kappa shape index (κ1) is 12.1. The summed E-state index contributed by atoms with van der Waals surface area (Å²) in [5.41, 5.74) is 0.439. The molecule has 1 aliphatic carbocycles. The molecule has 0 spiro atoms. The van der Waals surface area contributed by atoms with E-state index in [1.54, 1.807) is 0 Å². The van der Waals surface area contributed by atoms with Gasteiger partial charge in [-0.3, -0.25) is 4.79 Å². The SMILES string of the molecule is COC(=O)C1(c2ccccc2)CCC(O)CC1. The number of carbonyl (C=O) groups excluding carboxylic acids is 1. The van der Waals surface area contributed by atoms with E-state index in [0.29, 0.717) is 25.7 Å². The Bertz CT molecular complexity index is 378. The molecule has 2 rings (SSSR count). The fraction of sp³-hybridized carbons (Fsp3) is 0.500. The fourth-order valence-corrected chi connectivity index (χ4v) is 2.66. The number of aliphatic hydroxyl groups excluding tert-OH is 1. The van der Waals surface area contributed by atoms with Gasteiger partial charge in [0.1, 0.15) is 0 Å². The Morgan fingerprint density at radius 3 is 2.41 bits per heavy atom. The van der Waals surface area contributed by atoms with Crippen LogP contribution in [0.1, 0.15) is 31.2 Å². The second kappa shape index (κ2) is 4.88. The van der Waals surface area contributed by atoms with Crippen LogP contribution in [0.15, 0.2) is 30.3 Å². The largest absolute Gasteiger partial charge is 0.468 e. The maximum Gasteiger partial charge on any atom is 0.316 e. The predicted octanol–water partition coefficient (Wildman–Crippen LogP) is 2.03. The topological polar surface area (TPSA) is 46.5 Å². The summed E-state index contributed by atoms with van der Waals surface area (Å²) in [5.74, 6) is -0.185. The van der Waals surface area contributed by atoms with Crippen LogP contribution in [0.3, 0.4) is 0 Å². The van der Waals surface area contributed by atoms with Gasteiger partial charge < -0.3 is 9.84 Å². The third-order valence-corrected chi connectivity index (χ3v) is 3.71. The lowest BCUT2D eigenvalue weighted by Crippen LogP contribution is -2.41. The summed E-state index contributed by atoms with van der Waals surface area (Å²) in [7, 11) is 1.43.